The number of nitrogens with zero attached hydrogens (tertiary/aromatic N) is 4. The summed E-state index contributed by atoms with van der Waals surface area (Å²) in [6.07, 6.45) is 2.33. The molecule has 1 aromatic carbocycles. The number of benzene rings is 1. The van der Waals surface area contributed by atoms with Crippen LogP contribution in [0.25, 0.3) is 4.96 Å². The van der Waals surface area contributed by atoms with Gasteiger partial charge in [0.2, 0.25) is 10.8 Å². The summed E-state index contributed by atoms with van der Waals surface area (Å²) < 4.78 is 17.7. The van der Waals surface area contributed by atoms with Crippen LogP contribution >= 0.6 is 11.3 Å². The van der Waals surface area contributed by atoms with Gasteiger partial charge in [0, 0.05) is 13.0 Å². The molecule has 1 aliphatic rings. The first kappa shape index (κ1) is 23.3. The molecule has 1 aliphatic heterocycles. The molecule has 0 unspecified atom stereocenters. The smallest absolute Gasteiger partial charge is 0.310 e. The third kappa shape index (κ3) is 4.49. The average molecular weight is 475 g/mol. The zero-order valence-electron chi connectivity index (χ0n) is 19.4. The Hall–Kier alpha value is -2.85. The van der Waals surface area contributed by atoms with E-state index in [0.717, 1.165) is 29.8 Å². The lowest BCUT2D eigenvalue weighted by Gasteiger charge is -2.37. The van der Waals surface area contributed by atoms with E-state index in [0.29, 0.717) is 41.9 Å². The van der Waals surface area contributed by atoms with E-state index in [4.69, 9.17) is 14.2 Å². The van der Waals surface area contributed by atoms with Crippen LogP contribution in [0.1, 0.15) is 49.0 Å². The van der Waals surface area contributed by atoms with Gasteiger partial charge in [0.05, 0.1) is 37.7 Å². The van der Waals surface area contributed by atoms with Crippen LogP contribution in [-0.4, -0.2) is 64.5 Å². The lowest BCUT2D eigenvalue weighted by atomic mass is 9.94. The number of hydrogen-bond acceptors (Lipinski definition) is 9. The van der Waals surface area contributed by atoms with Crippen molar-refractivity contribution < 1.29 is 24.1 Å². The second kappa shape index (κ2) is 9.96. The van der Waals surface area contributed by atoms with Gasteiger partial charge in [-0.15, -0.1) is 5.10 Å². The zero-order valence-corrected chi connectivity index (χ0v) is 20.2. The molecule has 0 amide bonds. The van der Waals surface area contributed by atoms with Crippen LogP contribution in [0.4, 0.5) is 0 Å². The maximum atomic E-state index is 12.5. The van der Waals surface area contributed by atoms with Gasteiger partial charge in [-0.1, -0.05) is 24.3 Å². The minimum atomic E-state index is -0.305. The fourth-order valence-electron chi connectivity index (χ4n) is 4.36. The van der Waals surface area contributed by atoms with Gasteiger partial charge >= 0.3 is 5.97 Å². The molecule has 9 nitrogen and oxygen atoms in total. The predicted octanol–water partition coefficient (Wildman–Crippen LogP) is 3.44. The zero-order chi connectivity index (χ0) is 23.5. The summed E-state index contributed by atoms with van der Waals surface area (Å²) in [7, 11) is 3.20. The Labute approximate surface area is 196 Å². The second-order valence-electron chi connectivity index (χ2n) is 7.97. The van der Waals surface area contributed by atoms with Gasteiger partial charge in [-0.25, -0.2) is 4.98 Å². The van der Waals surface area contributed by atoms with Crippen molar-refractivity contribution in [2.24, 2.45) is 5.92 Å². The van der Waals surface area contributed by atoms with E-state index >= 15 is 0 Å². The second-order valence-corrected chi connectivity index (χ2v) is 8.98. The fraction of sp³-hybridized carbons (Fsp3) is 0.522. The number of carbonyl (C=O) groups excluding carboxylic acids is 1. The number of rotatable bonds is 8. The molecule has 3 heterocycles. The number of likely N-dealkylation sites (tertiary alicyclic amines) is 1. The predicted molar refractivity (Wildman–Crippen MR) is 124 cm³/mol. The highest BCUT2D eigenvalue weighted by Crippen LogP contribution is 2.43. The van der Waals surface area contributed by atoms with E-state index in [1.165, 1.54) is 15.9 Å². The molecule has 2 aromatic heterocycles. The SMILES string of the molecule is CCOC(=O)[C@@H]1CCCN([C@@H](c2ccc(OC)c(OC)c2)c2sc3nc(CC)nn3c2O)C1. The summed E-state index contributed by atoms with van der Waals surface area (Å²) in [5.41, 5.74) is 0.924. The molecule has 0 saturated carbocycles. The van der Waals surface area contributed by atoms with Crippen molar-refractivity contribution in [3.63, 3.8) is 0 Å². The Kier molecular flexibility index (Phi) is 7.04. The number of aryl methyl sites for hydroxylation is 1. The molecule has 1 saturated heterocycles. The van der Waals surface area contributed by atoms with Crippen LogP contribution in [0.5, 0.6) is 17.4 Å². The first-order valence-corrected chi connectivity index (χ1v) is 12.0. The standard InChI is InChI=1S/C23H30N4O5S/c1-5-18-24-23-27(25-18)21(28)20(33-23)19(14-9-10-16(30-3)17(12-14)31-4)26-11-7-8-15(13-26)22(29)32-6-2/h9-10,12,15,19,28H,5-8,11,13H2,1-4H3/t15-,19+/m1/s1. The molecule has 1 fully saturated rings. The van der Waals surface area contributed by atoms with E-state index in [1.807, 2.05) is 32.0 Å². The molecule has 178 valence electrons. The van der Waals surface area contributed by atoms with Crippen LogP contribution in [0.15, 0.2) is 18.2 Å². The summed E-state index contributed by atoms with van der Waals surface area (Å²) >= 11 is 1.41. The van der Waals surface area contributed by atoms with Crippen LogP contribution < -0.4 is 9.47 Å². The lowest BCUT2D eigenvalue weighted by molar-refractivity contribution is -0.150. The molecule has 3 aromatic rings. The van der Waals surface area contributed by atoms with Gasteiger partial charge in [-0.3, -0.25) is 9.69 Å². The van der Waals surface area contributed by atoms with Gasteiger partial charge in [-0.05, 0) is 44.0 Å². The maximum absolute atomic E-state index is 12.5. The highest BCUT2D eigenvalue weighted by molar-refractivity contribution is 7.17. The summed E-state index contributed by atoms with van der Waals surface area (Å²) in [4.78, 5) is 20.6. The van der Waals surface area contributed by atoms with Crippen molar-refractivity contribution in [1.82, 2.24) is 19.5 Å². The molecule has 2 atom stereocenters. The fourth-order valence-corrected chi connectivity index (χ4v) is 5.50. The minimum absolute atomic E-state index is 0.0697. The number of fused-ring (bicyclic) bond motifs is 1. The third-order valence-electron chi connectivity index (χ3n) is 5.97. The largest absolute Gasteiger partial charge is 0.493 e. The average Bonchev–Trinajstić information content (AvgIpc) is 3.38. The number of aromatic nitrogens is 3. The number of ether oxygens (including phenoxy) is 3. The van der Waals surface area contributed by atoms with E-state index < -0.39 is 0 Å². The van der Waals surface area contributed by atoms with Crippen LogP contribution in [0.2, 0.25) is 0 Å². The topological polar surface area (TPSA) is 98.4 Å². The van der Waals surface area contributed by atoms with E-state index in [9.17, 15) is 9.90 Å². The van der Waals surface area contributed by atoms with Crippen LogP contribution in [-0.2, 0) is 16.0 Å². The van der Waals surface area contributed by atoms with Gasteiger partial charge in [0.1, 0.15) is 0 Å². The van der Waals surface area contributed by atoms with Crippen molar-refractivity contribution in [2.75, 3.05) is 33.9 Å². The minimum Gasteiger partial charge on any atom is -0.493 e. The Bertz CT molecular complexity index is 1130. The van der Waals surface area contributed by atoms with Crippen molar-refractivity contribution in [1.29, 1.82) is 0 Å². The first-order valence-electron chi connectivity index (χ1n) is 11.2. The van der Waals surface area contributed by atoms with Crippen molar-refractivity contribution in [2.45, 2.75) is 39.2 Å². The molecule has 0 bridgehead atoms. The maximum Gasteiger partial charge on any atom is 0.310 e. The first-order chi connectivity index (χ1) is 16.0. The number of thiazole rings is 1. The molecule has 10 heteroatoms. The molecular weight excluding hydrogens is 444 g/mol. The monoisotopic (exact) mass is 474 g/mol. The molecule has 0 aliphatic carbocycles. The number of piperidine rings is 1. The number of carbonyl (C=O) groups is 1. The van der Waals surface area contributed by atoms with Gasteiger partial charge in [-0.2, -0.15) is 4.52 Å². The molecular formula is C23H30N4O5S. The number of esters is 1. The highest BCUT2D eigenvalue weighted by Gasteiger charge is 2.35. The van der Waals surface area contributed by atoms with Gasteiger partial charge in [0.25, 0.3) is 0 Å². The molecule has 0 spiro atoms. The van der Waals surface area contributed by atoms with Gasteiger partial charge in [0.15, 0.2) is 17.3 Å². The highest BCUT2D eigenvalue weighted by atomic mass is 32.1. The van der Waals surface area contributed by atoms with Crippen LogP contribution in [0.3, 0.4) is 0 Å². The van der Waals surface area contributed by atoms with E-state index in [-0.39, 0.29) is 23.8 Å². The van der Waals surface area contributed by atoms with Crippen molar-refractivity contribution >= 4 is 22.3 Å². The Morgan fingerprint density at radius 3 is 2.73 bits per heavy atom. The van der Waals surface area contributed by atoms with Gasteiger partial charge < -0.3 is 19.3 Å². The third-order valence-corrected chi connectivity index (χ3v) is 7.04. The van der Waals surface area contributed by atoms with E-state index in [2.05, 4.69) is 15.0 Å². The summed E-state index contributed by atoms with van der Waals surface area (Å²) in [6.45, 7) is 5.48. The number of aromatic hydroxyl groups is 1. The Morgan fingerprint density at radius 2 is 2.06 bits per heavy atom. The van der Waals surface area contributed by atoms with E-state index in [1.54, 1.807) is 14.2 Å². The summed E-state index contributed by atoms with van der Waals surface area (Å²) in [6, 6.07) is 5.44. The molecule has 0 radical (unpaired) electrons. The normalized spacial score (nSPS) is 17.8. The Morgan fingerprint density at radius 1 is 1.27 bits per heavy atom. The molecule has 1 N–H and O–H groups in total. The number of hydrogen-bond donors (Lipinski definition) is 1. The molecule has 33 heavy (non-hydrogen) atoms. The van der Waals surface area contributed by atoms with Crippen molar-refractivity contribution in [3.05, 3.63) is 34.5 Å². The quantitative estimate of drug-likeness (QED) is 0.496. The summed E-state index contributed by atoms with van der Waals surface area (Å²) in [5.74, 6) is 1.60. The number of methoxy groups -OCH3 is 2. The van der Waals surface area contributed by atoms with Crippen LogP contribution in [0, 0.1) is 5.92 Å². The molecule has 4 rings (SSSR count). The Balaban J connectivity index is 1.78. The van der Waals surface area contributed by atoms with Crippen molar-refractivity contribution in [3.8, 4) is 17.4 Å². The summed E-state index contributed by atoms with van der Waals surface area (Å²) in [5, 5.41) is 15.6. The lowest BCUT2D eigenvalue weighted by Crippen LogP contribution is -2.41.